The van der Waals surface area contributed by atoms with Crippen molar-refractivity contribution >= 4 is 17.7 Å². The number of carbonyl (C=O) groups is 1. The molecule has 1 aromatic rings. The van der Waals surface area contributed by atoms with Crippen LogP contribution < -0.4 is 11.1 Å². The Bertz CT molecular complexity index is 411. The van der Waals surface area contributed by atoms with E-state index in [-0.39, 0.29) is 12.6 Å². The molecule has 0 aliphatic carbocycles. The molecule has 100 valence electrons. The van der Waals surface area contributed by atoms with Gasteiger partial charge in [0.2, 0.25) is 11.8 Å². The second-order valence-electron chi connectivity index (χ2n) is 4.19. The number of nitrogens with zero attached hydrogens (tertiary/aromatic N) is 3. The maximum absolute atomic E-state index is 10.6. The standard InChI is InChI=1S/C10H17N5O2S/c1-15-2-3-18-6-7(15)10-13-9(17-14-10)5-12-4-8(11)16/h7,12H,2-6H2,1H3,(H2,11,16). The average Bonchev–Trinajstić information content (AvgIpc) is 2.78. The summed E-state index contributed by atoms with van der Waals surface area (Å²) in [4.78, 5) is 17.1. The Balaban J connectivity index is 1.90. The van der Waals surface area contributed by atoms with E-state index in [2.05, 4.69) is 27.4 Å². The van der Waals surface area contributed by atoms with Gasteiger partial charge in [0.15, 0.2) is 5.82 Å². The molecular formula is C10H17N5O2S. The lowest BCUT2D eigenvalue weighted by Crippen LogP contribution is -2.33. The van der Waals surface area contributed by atoms with Crippen LogP contribution in [0.2, 0.25) is 0 Å². The second-order valence-corrected chi connectivity index (χ2v) is 5.34. The molecule has 1 fully saturated rings. The van der Waals surface area contributed by atoms with Crippen LogP contribution in [0.4, 0.5) is 0 Å². The number of nitrogens with two attached hydrogens (primary N) is 1. The van der Waals surface area contributed by atoms with Gasteiger partial charge in [-0.05, 0) is 7.05 Å². The molecule has 0 spiro atoms. The lowest BCUT2D eigenvalue weighted by Gasteiger charge is -2.29. The highest BCUT2D eigenvalue weighted by Gasteiger charge is 2.25. The highest BCUT2D eigenvalue weighted by Crippen LogP contribution is 2.25. The molecule has 18 heavy (non-hydrogen) atoms. The summed E-state index contributed by atoms with van der Waals surface area (Å²) < 4.78 is 5.14. The number of primary amides is 1. The van der Waals surface area contributed by atoms with Crippen molar-refractivity contribution in [1.29, 1.82) is 0 Å². The van der Waals surface area contributed by atoms with Gasteiger partial charge in [-0.2, -0.15) is 16.7 Å². The summed E-state index contributed by atoms with van der Waals surface area (Å²) in [6.45, 7) is 1.50. The Labute approximate surface area is 109 Å². The maximum Gasteiger partial charge on any atom is 0.240 e. The number of carbonyl (C=O) groups excluding carboxylic acids is 1. The summed E-state index contributed by atoms with van der Waals surface area (Å²) in [6.07, 6.45) is 0. The molecule has 7 nitrogen and oxygen atoms in total. The van der Waals surface area contributed by atoms with Crippen LogP contribution in [0.5, 0.6) is 0 Å². The summed E-state index contributed by atoms with van der Waals surface area (Å²) in [5, 5.41) is 6.83. The third kappa shape index (κ3) is 3.44. The van der Waals surface area contributed by atoms with Crippen LogP contribution >= 0.6 is 11.8 Å². The minimum Gasteiger partial charge on any atom is -0.369 e. The van der Waals surface area contributed by atoms with Gasteiger partial charge in [0.1, 0.15) is 0 Å². The summed E-state index contributed by atoms with van der Waals surface area (Å²) in [7, 11) is 2.06. The fraction of sp³-hybridized carbons (Fsp3) is 0.700. The van der Waals surface area contributed by atoms with E-state index in [1.165, 1.54) is 0 Å². The van der Waals surface area contributed by atoms with Crippen LogP contribution in [0.3, 0.4) is 0 Å². The van der Waals surface area contributed by atoms with Crippen LogP contribution in [0.15, 0.2) is 4.52 Å². The molecule has 1 atom stereocenters. The Hall–Kier alpha value is -1.12. The predicted octanol–water partition coefficient (Wildman–Crippen LogP) is -0.636. The minimum absolute atomic E-state index is 0.108. The highest BCUT2D eigenvalue weighted by atomic mass is 32.2. The zero-order valence-electron chi connectivity index (χ0n) is 10.3. The largest absolute Gasteiger partial charge is 0.369 e. The van der Waals surface area contributed by atoms with Crippen molar-refractivity contribution in [2.45, 2.75) is 12.6 Å². The van der Waals surface area contributed by atoms with Crippen LogP contribution in [0.25, 0.3) is 0 Å². The van der Waals surface area contributed by atoms with Gasteiger partial charge in [-0.3, -0.25) is 15.0 Å². The highest BCUT2D eigenvalue weighted by molar-refractivity contribution is 7.99. The Morgan fingerprint density at radius 2 is 2.56 bits per heavy atom. The first-order chi connectivity index (χ1) is 8.66. The fourth-order valence-corrected chi connectivity index (χ4v) is 2.94. The summed E-state index contributed by atoms with van der Waals surface area (Å²) in [5.74, 6) is 2.90. The molecule has 1 aromatic heterocycles. The molecule has 1 aliphatic heterocycles. The Morgan fingerprint density at radius 3 is 3.28 bits per heavy atom. The molecule has 0 aromatic carbocycles. The quantitative estimate of drug-likeness (QED) is 0.735. The molecule has 3 N–H and O–H groups in total. The van der Waals surface area contributed by atoms with Gasteiger partial charge in [-0.15, -0.1) is 0 Å². The first-order valence-corrected chi connectivity index (χ1v) is 6.92. The van der Waals surface area contributed by atoms with Gasteiger partial charge in [0.05, 0.1) is 19.1 Å². The van der Waals surface area contributed by atoms with Crippen LogP contribution in [-0.2, 0) is 11.3 Å². The average molecular weight is 271 g/mol. The molecule has 2 heterocycles. The SMILES string of the molecule is CN1CCSCC1c1noc(CNCC(N)=O)n1. The van der Waals surface area contributed by atoms with Gasteiger partial charge < -0.3 is 10.3 Å². The van der Waals surface area contributed by atoms with Gasteiger partial charge in [-0.25, -0.2) is 0 Å². The van der Waals surface area contributed by atoms with Gasteiger partial charge >= 0.3 is 0 Å². The summed E-state index contributed by atoms with van der Waals surface area (Å²) in [5.41, 5.74) is 5.02. The number of hydrogen-bond donors (Lipinski definition) is 2. The van der Waals surface area contributed by atoms with Gasteiger partial charge in [0, 0.05) is 18.1 Å². The van der Waals surface area contributed by atoms with Crippen LogP contribution in [-0.4, -0.2) is 52.6 Å². The molecule has 1 saturated heterocycles. The molecule has 2 rings (SSSR count). The van der Waals surface area contributed by atoms with E-state index in [1.54, 1.807) is 0 Å². The molecule has 0 bridgehead atoms. The molecule has 1 unspecified atom stereocenters. The van der Waals surface area contributed by atoms with E-state index in [1.807, 2.05) is 11.8 Å². The predicted molar refractivity (Wildman–Crippen MR) is 67.9 cm³/mol. The van der Waals surface area contributed by atoms with Crippen molar-refractivity contribution in [2.75, 3.05) is 31.6 Å². The monoisotopic (exact) mass is 271 g/mol. The molecular weight excluding hydrogens is 254 g/mol. The molecule has 1 amide bonds. The third-order valence-electron chi connectivity index (χ3n) is 2.75. The van der Waals surface area contributed by atoms with E-state index >= 15 is 0 Å². The molecule has 8 heteroatoms. The lowest BCUT2D eigenvalue weighted by atomic mass is 10.3. The van der Waals surface area contributed by atoms with E-state index in [0.29, 0.717) is 18.3 Å². The summed E-state index contributed by atoms with van der Waals surface area (Å²) in [6, 6.07) is 0.206. The summed E-state index contributed by atoms with van der Waals surface area (Å²) >= 11 is 1.89. The molecule has 1 aliphatic rings. The van der Waals surface area contributed by atoms with E-state index in [0.717, 1.165) is 18.1 Å². The van der Waals surface area contributed by atoms with Crippen LogP contribution in [0.1, 0.15) is 17.8 Å². The van der Waals surface area contributed by atoms with Crippen molar-refractivity contribution in [1.82, 2.24) is 20.4 Å². The second kappa shape index (κ2) is 6.17. The fourth-order valence-electron chi connectivity index (χ4n) is 1.73. The minimum atomic E-state index is -0.404. The van der Waals surface area contributed by atoms with Crippen molar-refractivity contribution < 1.29 is 9.32 Å². The van der Waals surface area contributed by atoms with Gasteiger partial charge in [0.25, 0.3) is 0 Å². The zero-order valence-corrected chi connectivity index (χ0v) is 11.1. The first-order valence-electron chi connectivity index (χ1n) is 5.76. The number of hydrogen-bond acceptors (Lipinski definition) is 7. The number of thioether (sulfide) groups is 1. The van der Waals surface area contributed by atoms with E-state index < -0.39 is 5.91 Å². The van der Waals surface area contributed by atoms with E-state index in [9.17, 15) is 4.79 Å². The van der Waals surface area contributed by atoms with E-state index in [4.69, 9.17) is 10.3 Å². The maximum atomic E-state index is 10.6. The lowest BCUT2D eigenvalue weighted by molar-refractivity contribution is -0.117. The normalized spacial score (nSPS) is 21.1. The van der Waals surface area contributed by atoms with Crippen LogP contribution in [0, 0.1) is 0 Å². The van der Waals surface area contributed by atoms with Crippen molar-refractivity contribution in [3.05, 3.63) is 11.7 Å². The van der Waals surface area contributed by atoms with Crippen molar-refractivity contribution in [2.24, 2.45) is 5.73 Å². The zero-order chi connectivity index (χ0) is 13.0. The Kier molecular flexibility index (Phi) is 4.56. The van der Waals surface area contributed by atoms with Crippen molar-refractivity contribution in [3.63, 3.8) is 0 Å². The molecule has 0 saturated carbocycles. The number of rotatable bonds is 5. The number of nitrogens with one attached hydrogen (secondary N) is 1. The first kappa shape index (κ1) is 13.3. The topological polar surface area (TPSA) is 97.3 Å². The van der Waals surface area contributed by atoms with Crippen molar-refractivity contribution in [3.8, 4) is 0 Å². The number of aromatic nitrogens is 2. The number of amides is 1. The smallest absolute Gasteiger partial charge is 0.240 e. The van der Waals surface area contributed by atoms with Gasteiger partial charge in [-0.1, -0.05) is 5.16 Å². The molecule has 0 radical (unpaired) electrons. The third-order valence-corrected chi connectivity index (χ3v) is 3.78. The Morgan fingerprint density at radius 1 is 1.72 bits per heavy atom.